The van der Waals surface area contributed by atoms with Crippen molar-refractivity contribution in [1.82, 2.24) is 0 Å². The molecule has 0 aliphatic heterocycles. The van der Waals surface area contributed by atoms with Crippen molar-refractivity contribution in [3.63, 3.8) is 0 Å². The molecule has 0 spiro atoms. The molecule has 0 unspecified atom stereocenters. The monoisotopic (exact) mass is 188 g/mol. The fourth-order valence-corrected chi connectivity index (χ4v) is 0.961. The number of hydrogen-bond acceptors (Lipinski definition) is 0. The fourth-order valence-electron chi connectivity index (χ4n) is 0.961. The van der Waals surface area contributed by atoms with Gasteiger partial charge in [-0.1, -0.05) is 75.4 Å². The van der Waals surface area contributed by atoms with E-state index < -0.39 is 0 Å². The molecule has 0 saturated heterocycles. The van der Waals surface area contributed by atoms with Gasteiger partial charge in [0.1, 0.15) is 0 Å². The van der Waals surface area contributed by atoms with E-state index in [9.17, 15) is 0 Å². The summed E-state index contributed by atoms with van der Waals surface area (Å²) in [7, 11) is 0. The van der Waals surface area contributed by atoms with Crippen LogP contribution < -0.4 is 0 Å². The molecule has 0 radical (unpaired) electrons. The first-order chi connectivity index (χ1) is 7.41. The zero-order valence-corrected chi connectivity index (χ0v) is 9.04. The minimum absolute atomic E-state index is 0.120. The van der Waals surface area contributed by atoms with Crippen molar-refractivity contribution in [1.29, 1.82) is 0 Å². The summed E-state index contributed by atoms with van der Waals surface area (Å²) in [6, 6.07) is 8.51. The van der Waals surface area contributed by atoms with E-state index in [1.165, 1.54) is 0 Å². The van der Waals surface area contributed by atoms with E-state index in [1.54, 1.807) is 12.1 Å². The zero-order valence-electron chi connectivity index (χ0n) is 11.0. The van der Waals surface area contributed by atoms with E-state index >= 15 is 0 Å². The van der Waals surface area contributed by atoms with Gasteiger partial charge in [-0.2, -0.15) is 0 Å². The second-order valence-electron chi connectivity index (χ2n) is 4.24. The van der Waals surface area contributed by atoms with Crippen LogP contribution in [0, 0.1) is 5.41 Å². The van der Waals surface area contributed by atoms with E-state index in [4.69, 9.17) is 2.74 Å². The van der Waals surface area contributed by atoms with Crippen LogP contribution >= 0.6 is 0 Å². The molecule has 0 fully saturated rings. The summed E-state index contributed by atoms with van der Waals surface area (Å²) in [5.41, 5.74) is 0.755. The molecule has 0 nitrogen and oxygen atoms in total. The molecule has 74 valence electrons. The molecule has 0 heteroatoms. The summed E-state index contributed by atoms with van der Waals surface area (Å²) in [4.78, 5) is 0. The van der Waals surface area contributed by atoms with Gasteiger partial charge < -0.3 is 0 Å². The smallest absolute Gasteiger partial charge is 0.0629 e. The predicted molar refractivity (Wildman–Crippen MR) is 64.1 cm³/mol. The Morgan fingerprint density at radius 3 is 2.64 bits per heavy atom. The van der Waals surface area contributed by atoms with Gasteiger partial charge in [-0.25, -0.2) is 0 Å². The molecule has 0 aromatic heterocycles. The van der Waals surface area contributed by atoms with Crippen molar-refractivity contribution in [2.24, 2.45) is 5.41 Å². The van der Waals surface area contributed by atoms with Crippen LogP contribution in [0.4, 0.5) is 0 Å². The molecule has 0 heterocycles. The van der Waals surface area contributed by atoms with E-state index in [2.05, 4.69) is 0 Å². The minimum atomic E-state index is -0.120. The van der Waals surface area contributed by atoms with Crippen LogP contribution in [-0.4, -0.2) is 0 Å². The van der Waals surface area contributed by atoms with Gasteiger partial charge in [0, 0.05) is 0 Å². The maximum Gasteiger partial charge on any atom is 0.0629 e. The highest BCUT2D eigenvalue weighted by molar-refractivity contribution is 5.50. The third-order valence-corrected chi connectivity index (χ3v) is 1.62. The lowest BCUT2D eigenvalue weighted by Crippen LogP contribution is -1.97. The Hall–Kier alpha value is -1.30. The summed E-state index contributed by atoms with van der Waals surface area (Å²) in [6.07, 6.45) is 5.48. The first-order valence-corrected chi connectivity index (χ1v) is 4.82. The number of rotatable bonds is 2. The lowest BCUT2D eigenvalue weighted by atomic mass is 9.96. The van der Waals surface area contributed by atoms with Gasteiger partial charge in [0.15, 0.2) is 0 Å². The molecule has 0 saturated carbocycles. The summed E-state index contributed by atoms with van der Waals surface area (Å²) in [6.45, 7) is 6.04. The third-order valence-electron chi connectivity index (χ3n) is 1.62. The highest BCUT2D eigenvalue weighted by atomic mass is 14.1. The molecule has 1 rings (SSSR count). The van der Waals surface area contributed by atoms with E-state index in [-0.39, 0.29) is 5.41 Å². The molecule has 0 bridgehead atoms. The van der Waals surface area contributed by atoms with Gasteiger partial charge in [-0.15, -0.1) is 0 Å². The standard InChI is InChI=1S/C14H18/c1-14(2,3)12-8-7-11-13-9-5-4-6-10-13/h4-12H,1-3H3/b11-7-,12-8+/i9D,12D. The molecule has 0 N–H and O–H groups in total. The molecule has 0 aliphatic carbocycles. The van der Waals surface area contributed by atoms with Crippen molar-refractivity contribution < 1.29 is 2.74 Å². The highest BCUT2D eigenvalue weighted by Crippen LogP contribution is 2.14. The molecular formula is C14H18. The van der Waals surface area contributed by atoms with Gasteiger partial charge in [-0.3, -0.25) is 0 Å². The Morgan fingerprint density at radius 2 is 2.00 bits per heavy atom. The predicted octanol–water partition coefficient (Wildman–Crippen LogP) is 4.30. The normalized spacial score (nSPS) is 15.5. The maximum atomic E-state index is 7.81. The van der Waals surface area contributed by atoms with Crippen LogP contribution in [0.5, 0.6) is 0 Å². The van der Waals surface area contributed by atoms with Crippen LogP contribution in [0.1, 0.15) is 29.1 Å². The molecule has 0 atom stereocenters. The molecule has 0 amide bonds. The van der Waals surface area contributed by atoms with Crippen LogP contribution in [0.15, 0.2) is 48.5 Å². The minimum Gasteiger partial charge on any atom is -0.0791 e. The highest BCUT2D eigenvalue weighted by Gasteiger charge is 2.01. The Balaban J connectivity index is 2.80. The topological polar surface area (TPSA) is 0 Å². The first kappa shape index (κ1) is 8.05. The lowest BCUT2D eigenvalue weighted by molar-refractivity contribution is 0.544. The number of benzene rings is 1. The summed E-state index contributed by atoms with van der Waals surface area (Å²) < 4.78 is 15.5. The van der Waals surface area contributed by atoms with Gasteiger partial charge in [0.25, 0.3) is 0 Å². The van der Waals surface area contributed by atoms with E-state index in [1.807, 2.05) is 51.1 Å². The molecule has 0 aliphatic rings. The van der Waals surface area contributed by atoms with Gasteiger partial charge in [-0.05, 0) is 11.0 Å². The Morgan fingerprint density at radius 1 is 1.21 bits per heavy atom. The summed E-state index contributed by atoms with van der Waals surface area (Å²) in [5, 5.41) is 0. The van der Waals surface area contributed by atoms with Crippen LogP contribution in [0.25, 0.3) is 6.08 Å². The van der Waals surface area contributed by atoms with Gasteiger partial charge in [0.05, 0.1) is 2.74 Å². The summed E-state index contributed by atoms with van der Waals surface area (Å²) >= 11 is 0. The van der Waals surface area contributed by atoms with Crippen LogP contribution in [0.2, 0.25) is 0 Å². The van der Waals surface area contributed by atoms with E-state index in [0.29, 0.717) is 12.1 Å². The quantitative estimate of drug-likeness (QED) is 0.607. The zero-order chi connectivity index (χ0) is 12.2. The molecular weight excluding hydrogens is 168 g/mol. The average molecular weight is 188 g/mol. The second kappa shape index (κ2) is 4.80. The van der Waals surface area contributed by atoms with Gasteiger partial charge in [0.2, 0.25) is 0 Å². The largest absolute Gasteiger partial charge is 0.0791 e. The van der Waals surface area contributed by atoms with Crippen molar-refractivity contribution in [3.05, 3.63) is 54.1 Å². The Kier molecular flexibility index (Phi) is 2.76. The van der Waals surface area contributed by atoms with Crippen molar-refractivity contribution in [3.8, 4) is 0 Å². The molecule has 14 heavy (non-hydrogen) atoms. The fraction of sp³-hybridized carbons (Fsp3) is 0.286. The van der Waals surface area contributed by atoms with Crippen molar-refractivity contribution in [2.75, 3.05) is 0 Å². The van der Waals surface area contributed by atoms with E-state index in [0.717, 1.165) is 5.56 Å². The first-order valence-electron chi connectivity index (χ1n) is 5.82. The molecule has 1 aromatic rings. The second-order valence-corrected chi connectivity index (χ2v) is 4.24. The summed E-state index contributed by atoms with van der Waals surface area (Å²) in [5.74, 6) is 0. The SMILES string of the molecule is [2H]/C(=C\C=C/c1ccccc1[2H])C(C)(C)C. The molecule has 1 aromatic carbocycles. The Labute approximate surface area is 89.8 Å². The van der Waals surface area contributed by atoms with Gasteiger partial charge >= 0.3 is 0 Å². The van der Waals surface area contributed by atoms with Crippen LogP contribution in [-0.2, 0) is 0 Å². The Bertz CT molecular complexity index is 409. The third kappa shape index (κ3) is 4.66. The van der Waals surface area contributed by atoms with Crippen molar-refractivity contribution in [2.45, 2.75) is 20.8 Å². The van der Waals surface area contributed by atoms with Crippen LogP contribution in [0.3, 0.4) is 0 Å². The number of hydrogen-bond donors (Lipinski definition) is 0. The average Bonchev–Trinajstić information content (AvgIpc) is 2.19. The van der Waals surface area contributed by atoms with Crippen molar-refractivity contribution >= 4 is 6.08 Å². The lowest BCUT2D eigenvalue weighted by Gasteiger charge is -2.09. The maximum absolute atomic E-state index is 7.81. The number of allylic oxidation sites excluding steroid dienone is 3.